The van der Waals surface area contributed by atoms with Crippen LogP contribution in [0.1, 0.15) is 33.5 Å². The Morgan fingerprint density at radius 2 is 1.76 bits per heavy atom. The van der Waals surface area contributed by atoms with Gasteiger partial charge < -0.3 is 13.9 Å². The van der Waals surface area contributed by atoms with Crippen molar-refractivity contribution in [2.75, 3.05) is 0 Å². The number of aryl methyl sites for hydroxylation is 1. The molecule has 1 aliphatic heterocycles. The lowest BCUT2D eigenvalue weighted by Crippen LogP contribution is -2.41. The molecule has 2 heterocycles. The van der Waals surface area contributed by atoms with E-state index in [9.17, 15) is 0 Å². The van der Waals surface area contributed by atoms with E-state index in [0.29, 0.717) is 0 Å². The van der Waals surface area contributed by atoms with Crippen molar-refractivity contribution < 1.29 is 9.31 Å². The highest BCUT2D eigenvalue weighted by molar-refractivity contribution is 6.62. The third-order valence-electron chi connectivity index (χ3n) is 4.50. The number of hydrogen-bond donors (Lipinski definition) is 0. The second-order valence-corrected chi connectivity index (χ2v) is 6.53. The zero-order valence-corrected chi connectivity index (χ0v) is 13.3. The average molecular weight is 284 g/mol. The zero-order chi connectivity index (χ0) is 15.3. The molecule has 1 aromatic carbocycles. The number of imidazole rings is 1. The molecule has 0 N–H and O–H groups in total. The molecule has 0 unspecified atom stereocenters. The maximum atomic E-state index is 6.11. The van der Waals surface area contributed by atoms with E-state index in [-0.39, 0.29) is 18.3 Å². The quantitative estimate of drug-likeness (QED) is 0.795. The third-order valence-corrected chi connectivity index (χ3v) is 4.50. The topological polar surface area (TPSA) is 36.3 Å². The van der Waals surface area contributed by atoms with Gasteiger partial charge in [0.2, 0.25) is 0 Å². The molecule has 21 heavy (non-hydrogen) atoms. The molecule has 1 fully saturated rings. The Kier molecular flexibility index (Phi) is 3.22. The lowest BCUT2D eigenvalue weighted by Gasteiger charge is -2.32. The fraction of sp³-hybridized carbons (Fsp3) is 0.438. The molecule has 1 aliphatic rings. The first-order chi connectivity index (χ1) is 9.80. The highest BCUT2D eigenvalue weighted by Crippen LogP contribution is 2.36. The first kappa shape index (κ1) is 14.4. The minimum atomic E-state index is -0.334. The number of benzene rings is 1. The van der Waals surface area contributed by atoms with Gasteiger partial charge in [0.15, 0.2) is 0 Å². The summed E-state index contributed by atoms with van der Waals surface area (Å²) in [6.45, 7) is 10.3. The number of nitrogens with zero attached hydrogens (tertiary/aromatic N) is 2. The van der Waals surface area contributed by atoms with Crippen LogP contribution in [-0.2, 0) is 9.31 Å². The van der Waals surface area contributed by atoms with Crippen molar-refractivity contribution in [1.82, 2.24) is 9.55 Å². The van der Waals surface area contributed by atoms with E-state index in [1.54, 1.807) is 6.20 Å². The van der Waals surface area contributed by atoms with Crippen LogP contribution >= 0.6 is 0 Å². The van der Waals surface area contributed by atoms with Crippen LogP contribution in [0.4, 0.5) is 0 Å². The summed E-state index contributed by atoms with van der Waals surface area (Å²) < 4.78 is 14.3. The summed E-state index contributed by atoms with van der Waals surface area (Å²) in [6, 6.07) is 8.22. The molecule has 0 amide bonds. The van der Waals surface area contributed by atoms with Gasteiger partial charge in [-0.1, -0.05) is 12.1 Å². The van der Waals surface area contributed by atoms with Crippen molar-refractivity contribution >= 4 is 12.6 Å². The molecule has 0 spiro atoms. The van der Waals surface area contributed by atoms with Crippen LogP contribution < -0.4 is 5.46 Å². The van der Waals surface area contributed by atoms with Crippen LogP contribution in [0.3, 0.4) is 0 Å². The molecule has 5 heteroatoms. The van der Waals surface area contributed by atoms with Gasteiger partial charge in [0.05, 0.1) is 11.2 Å². The van der Waals surface area contributed by atoms with Crippen LogP contribution in [0.25, 0.3) is 5.69 Å². The van der Waals surface area contributed by atoms with Gasteiger partial charge >= 0.3 is 7.12 Å². The second kappa shape index (κ2) is 4.72. The van der Waals surface area contributed by atoms with Crippen LogP contribution in [0.2, 0.25) is 0 Å². The van der Waals surface area contributed by atoms with Gasteiger partial charge in [0.1, 0.15) is 5.82 Å². The van der Waals surface area contributed by atoms with E-state index in [4.69, 9.17) is 9.31 Å². The summed E-state index contributed by atoms with van der Waals surface area (Å²) in [5.74, 6) is 0.959. The van der Waals surface area contributed by atoms with Crippen LogP contribution in [0.15, 0.2) is 36.7 Å². The fourth-order valence-corrected chi connectivity index (χ4v) is 2.45. The van der Waals surface area contributed by atoms with Crippen molar-refractivity contribution in [3.8, 4) is 5.69 Å². The minimum absolute atomic E-state index is 0.321. The Morgan fingerprint density at radius 3 is 2.33 bits per heavy atom. The van der Waals surface area contributed by atoms with E-state index in [1.807, 2.05) is 25.3 Å². The lowest BCUT2D eigenvalue weighted by atomic mass is 9.79. The summed E-state index contributed by atoms with van der Waals surface area (Å²) in [4.78, 5) is 4.27. The van der Waals surface area contributed by atoms with Gasteiger partial charge in [-0.2, -0.15) is 0 Å². The first-order valence-electron chi connectivity index (χ1n) is 7.26. The average Bonchev–Trinajstić information content (AvgIpc) is 2.92. The Labute approximate surface area is 126 Å². The van der Waals surface area contributed by atoms with Crippen LogP contribution in [0, 0.1) is 6.92 Å². The summed E-state index contributed by atoms with van der Waals surface area (Å²) >= 11 is 0. The summed E-state index contributed by atoms with van der Waals surface area (Å²) in [6.07, 6.45) is 3.76. The molecular formula is C16H21BN2O2. The number of hydrogen-bond acceptors (Lipinski definition) is 3. The van der Waals surface area contributed by atoms with E-state index >= 15 is 0 Å². The van der Waals surface area contributed by atoms with Gasteiger partial charge in [-0.25, -0.2) is 4.98 Å². The van der Waals surface area contributed by atoms with Crippen LogP contribution in [0.5, 0.6) is 0 Å². The van der Waals surface area contributed by atoms with Crippen molar-refractivity contribution in [2.24, 2.45) is 0 Å². The summed E-state index contributed by atoms with van der Waals surface area (Å²) in [5, 5.41) is 0. The maximum absolute atomic E-state index is 6.11. The molecule has 1 aromatic heterocycles. The minimum Gasteiger partial charge on any atom is -0.399 e. The van der Waals surface area contributed by atoms with Gasteiger partial charge in [0.25, 0.3) is 0 Å². The van der Waals surface area contributed by atoms with Gasteiger partial charge in [-0.15, -0.1) is 0 Å². The molecule has 110 valence electrons. The third kappa shape index (κ3) is 2.41. The second-order valence-electron chi connectivity index (χ2n) is 6.53. The predicted molar refractivity (Wildman–Crippen MR) is 84.0 cm³/mol. The van der Waals surface area contributed by atoms with E-state index in [1.165, 1.54) is 0 Å². The van der Waals surface area contributed by atoms with E-state index in [0.717, 1.165) is 17.0 Å². The Balaban J connectivity index is 1.94. The monoisotopic (exact) mass is 284 g/mol. The highest BCUT2D eigenvalue weighted by Gasteiger charge is 2.51. The normalized spacial score (nSPS) is 20.0. The van der Waals surface area contributed by atoms with Gasteiger partial charge in [0, 0.05) is 18.1 Å². The zero-order valence-electron chi connectivity index (χ0n) is 13.3. The van der Waals surface area contributed by atoms with Gasteiger partial charge in [-0.3, -0.25) is 0 Å². The van der Waals surface area contributed by atoms with Crippen molar-refractivity contribution in [1.29, 1.82) is 0 Å². The van der Waals surface area contributed by atoms with Crippen molar-refractivity contribution in [2.45, 2.75) is 45.8 Å². The summed E-state index contributed by atoms with van der Waals surface area (Å²) in [5.41, 5.74) is 1.45. The summed E-state index contributed by atoms with van der Waals surface area (Å²) in [7, 11) is -0.334. The Hall–Kier alpha value is -1.59. The number of rotatable bonds is 2. The molecule has 0 aliphatic carbocycles. The molecule has 2 aromatic rings. The molecule has 1 saturated heterocycles. The molecule has 0 atom stereocenters. The largest absolute Gasteiger partial charge is 0.494 e. The molecule has 4 nitrogen and oxygen atoms in total. The van der Waals surface area contributed by atoms with E-state index in [2.05, 4.69) is 49.4 Å². The van der Waals surface area contributed by atoms with Gasteiger partial charge in [-0.05, 0) is 52.2 Å². The molecule has 3 rings (SSSR count). The van der Waals surface area contributed by atoms with E-state index < -0.39 is 0 Å². The molecule has 0 saturated carbocycles. The van der Waals surface area contributed by atoms with Crippen molar-refractivity contribution in [3.63, 3.8) is 0 Å². The maximum Gasteiger partial charge on any atom is 0.494 e. The SMILES string of the molecule is Cc1nccn1-c1cccc(B2OC(C)(C)C(C)(C)O2)c1. The molecule has 0 bridgehead atoms. The Morgan fingerprint density at radius 1 is 1.10 bits per heavy atom. The smallest absolute Gasteiger partial charge is 0.399 e. The highest BCUT2D eigenvalue weighted by atomic mass is 16.7. The standard InChI is InChI=1S/C16H21BN2O2/c1-12-18-9-10-19(12)14-8-6-7-13(11-14)17-20-15(2,3)16(4,5)21-17/h6-11H,1-5H3. The molecular weight excluding hydrogens is 263 g/mol. The molecule has 0 radical (unpaired) electrons. The number of aromatic nitrogens is 2. The van der Waals surface area contributed by atoms with Crippen molar-refractivity contribution in [3.05, 3.63) is 42.5 Å². The fourth-order valence-electron chi connectivity index (χ4n) is 2.45. The predicted octanol–water partition coefficient (Wildman–Crippen LogP) is 2.48. The first-order valence-corrected chi connectivity index (χ1v) is 7.26. The lowest BCUT2D eigenvalue weighted by molar-refractivity contribution is 0.00578. The van der Waals surface area contributed by atoms with Crippen LogP contribution in [-0.4, -0.2) is 27.9 Å². The Bertz CT molecular complexity index is 648.